The Morgan fingerprint density at radius 1 is 1.36 bits per heavy atom. The molecular formula is C18H26N2O2. The predicted molar refractivity (Wildman–Crippen MR) is 92.7 cm³/mol. The molecule has 0 heterocycles. The maximum Gasteiger partial charge on any atom is 0.243 e. The number of benzene rings is 1. The fourth-order valence-corrected chi connectivity index (χ4v) is 1.94. The molecule has 0 saturated carbocycles. The van der Waals surface area contributed by atoms with E-state index < -0.39 is 0 Å². The number of hydrogen-bond acceptors (Lipinski definition) is 3. The van der Waals surface area contributed by atoms with Crippen LogP contribution in [-0.4, -0.2) is 19.1 Å². The summed E-state index contributed by atoms with van der Waals surface area (Å²) >= 11 is 0. The van der Waals surface area contributed by atoms with Crippen molar-refractivity contribution in [3.63, 3.8) is 0 Å². The lowest BCUT2D eigenvalue weighted by Gasteiger charge is -2.07. The van der Waals surface area contributed by atoms with Gasteiger partial charge in [0.1, 0.15) is 12.4 Å². The highest BCUT2D eigenvalue weighted by atomic mass is 16.5. The number of rotatable bonds is 10. The van der Waals surface area contributed by atoms with Crippen molar-refractivity contribution in [2.75, 3.05) is 18.9 Å². The van der Waals surface area contributed by atoms with Crippen LogP contribution in [0.4, 0.5) is 5.69 Å². The second-order valence-electron chi connectivity index (χ2n) is 5.08. The number of hydrogen-bond donors (Lipinski definition) is 2. The van der Waals surface area contributed by atoms with Crippen molar-refractivity contribution in [2.45, 2.75) is 32.6 Å². The molecule has 1 rings (SSSR count). The minimum atomic E-state index is -0.0814. The largest absolute Gasteiger partial charge is 0.487 e. The van der Waals surface area contributed by atoms with Gasteiger partial charge in [-0.2, -0.15) is 0 Å². The molecule has 0 aromatic heterocycles. The van der Waals surface area contributed by atoms with Crippen LogP contribution in [0.25, 0.3) is 6.08 Å². The number of nitrogens with one attached hydrogen (secondary N) is 1. The molecule has 4 heteroatoms. The van der Waals surface area contributed by atoms with Crippen LogP contribution in [0.1, 0.15) is 38.2 Å². The molecule has 0 bridgehead atoms. The first-order valence-electron chi connectivity index (χ1n) is 7.76. The van der Waals surface area contributed by atoms with Crippen LogP contribution in [0.5, 0.6) is 5.75 Å². The SMILES string of the molecule is C=CCOc1ccc(/C=C\C(=O)NCCCCCC)cc1N. The van der Waals surface area contributed by atoms with Gasteiger partial charge in [-0.3, -0.25) is 4.79 Å². The smallest absolute Gasteiger partial charge is 0.243 e. The molecule has 0 aliphatic heterocycles. The lowest BCUT2D eigenvalue weighted by Crippen LogP contribution is -2.21. The molecule has 1 amide bonds. The summed E-state index contributed by atoms with van der Waals surface area (Å²) < 4.78 is 5.41. The number of amides is 1. The van der Waals surface area contributed by atoms with Gasteiger partial charge in [-0.05, 0) is 30.2 Å². The zero-order valence-electron chi connectivity index (χ0n) is 13.3. The van der Waals surface area contributed by atoms with E-state index in [0.717, 1.165) is 24.9 Å². The van der Waals surface area contributed by atoms with Crippen LogP contribution in [0.15, 0.2) is 36.9 Å². The first-order chi connectivity index (χ1) is 10.7. The van der Waals surface area contributed by atoms with E-state index in [4.69, 9.17) is 10.5 Å². The highest BCUT2D eigenvalue weighted by Gasteiger charge is 2.00. The highest BCUT2D eigenvalue weighted by molar-refractivity contribution is 5.91. The van der Waals surface area contributed by atoms with E-state index >= 15 is 0 Å². The molecular weight excluding hydrogens is 276 g/mol. The predicted octanol–water partition coefficient (Wildman–Crippen LogP) is 3.54. The van der Waals surface area contributed by atoms with Crippen LogP contribution >= 0.6 is 0 Å². The maximum atomic E-state index is 11.7. The third-order valence-corrected chi connectivity index (χ3v) is 3.15. The van der Waals surface area contributed by atoms with Gasteiger partial charge in [0.05, 0.1) is 5.69 Å². The maximum absolute atomic E-state index is 11.7. The van der Waals surface area contributed by atoms with Crippen molar-refractivity contribution in [1.82, 2.24) is 5.32 Å². The number of carbonyl (C=O) groups excluding carboxylic acids is 1. The molecule has 4 nitrogen and oxygen atoms in total. The van der Waals surface area contributed by atoms with Gasteiger partial charge in [0.15, 0.2) is 0 Å². The molecule has 0 atom stereocenters. The van der Waals surface area contributed by atoms with Crippen molar-refractivity contribution in [2.24, 2.45) is 0 Å². The summed E-state index contributed by atoms with van der Waals surface area (Å²) in [7, 11) is 0. The summed E-state index contributed by atoms with van der Waals surface area (Å²) in [6.07, 6.45) is 9.53. The van der Waals surface area contributed by atoms with E-state index in [-0.39, 0.29) is 5.91 Å². The highest BCUT2D eigenvalue weighted by Crippen LogP contribution is 2.23. The van der Waals surface area contributed by atoms with E-state index in [9.17, 15) is 4.79 Å². The Bertz CT molecular complexity index is 510. The van der Waals surface area contributed by atoms with E-state index in [1.807, 2.05) is 6.07 Å². The second-order valence-corrected chi connectivity index (χ2v) is 5.08. The van der Waals surface area contributed by atoms with Crippen molar-refractivity contribution in [3.8, 4) is 5.75 Å². The monoisotopic (exact) mass is 302 g/mol. The molecule has 0 fully saturated rings. The van der Waals surface area contributed by atoms with Crippen molar-refractivity contribution >= 4 is 17.7 Å². The molecule has 3 N–H and O–H groups in total. The van der Waals surface area contributed by atoms with Crippen LogP contribution in [0, 0.1) is 0 Å². The van der Waals surface area contributed by atoms with Crippen LogP contribution < -0.4 is 15.8 Å². The molecule has 0 aliphatic carbocycles. The molecule has 0 aliphatic rings. The summed E-state index contributed by atoms with van der Waals surface area (Å²) in [5.41, 5.74) is 7.31. The Hall–Kier alpha value is -2.23. The topological polar surface area (TPSA) is 64.3 Å². The number of unbranched alkanes of at least 4 members (excludes halogenated alkanes) is 3. The molecule has 0 spiro atoms. The fourth-order valence-electron chi connectivity index (χ4n) is 1.94. The minimum absolute atomic E-state index is 0.0814. The summed E-state index contributed by atoms with van der Waals surface area (Å²) in [5.74, 6) is 0.541. The molecule has 1 aromatic rings. The van der Waals surface area contributed by atoms with Gasteiger partial charge in [-0.15, -0.1) is 0 Å². The van der Waals surface area contributed by atoms with E-state index in [2.05, 4.69) is 18.8 Å². The molecule has 1 aromatic carbocycles. The van der Waals surface area contributed by atoms with Crippen LogP contribution in [0.3, 0.4) is 0 Å². The molecule has 0 saturated heterocycles. The van der Waals surface area contributed by atoms with Crippen LogP contribution in [0.2, 0.25) is 0 Å². The van der Waals surface area contributed by atoms with Gasteiger partial charge in [-0.25, -0.2) is 0 Å². The van der Waals surface area contributed by atoms with Gasteiger partial charge in [0.2, 0.25) is 5.91 Å². The number of nitrogens with two attached hydrogens (primary N) is 1. The van der Waals surface area contributed by atoms with Gasteiger partial charge < -0.3 is 15.8 Å². The average Bonchev–Trinajstić information content (AvgIpc) is 2.52. The third kappa shape index (κ3) is 6.97. The molecule has 22 heavy (non-hydrogen) atoms. The Morgan fingerprint density at radius 2 is 2.18 bits per heavy atom. The lowest BCUT2D eigenvalue weighted by atomic mass is 10.1. The van der Waals surface area contributed by atoms with Crippen molar-refractivity contribution < 1.29 is 9.53 Å². The summed E-state index contributed by atoms with van der Waals surface area (Å²) in [6, 6.07) is 5.43. The molecule has 120 valence electrons. The standard InChI is InChI=1S/C18H26N2O2/c1-3-5-6-7-12-20-18(21)11-9-15-8-10-17(16(19)14-15)22-13-4-2/h4,8-11,14H,2-3,5-7,12-13,19H2,1H3,(H,20,21)/b11-9-. The Labute approximate surface area is 133 Å². The number of carbonyl (C=O) groups is 1. The Kier molecular flexibility index (Phi) is 8.50. The Morgan fingerprint density at radius 3 is 2.86 bits per heavy atom. The van der Waals surface area contributed by atoms with Gasteiger partial charge in [-0.1, -0.05) is 44.9 Å². The van der Waals surface area contributed by atoms with E-state index in [1.165, 1.54) is 18.9 Å². The molecule has 0 radical (unpaired) electrons. The fraction of sp³-hybridized carbons (Fsp3) is 0.389. The average molecular weight is 302 g/mol. The Balaban J connectivity index is 2.43. The first-order valence-corrected chi connectivity index (χ1v) is 7.76. The zero-order valence-corrected chi connectivity index (χ0v) is 13.3. The first kappa shape index (κ1) is 17.8. The van der Waals surface area contributed by atoms with E-state index in [0.29, 0.717) is 18.0 Å². The number of anilines is 1. The second kappa shape index (κ2) is 10.5. The quantitative estimate of drug-likeness (QED) is 0.301. The normalized spacial score (nSPS) is 10.6. The summed E-state index contributed by atoms with van der Waals surface area (Å²) in [4.78, 5) is 11.7. The van der Waals surface area contributed by atoms with Crippen molar-refractivity contribution in [1.29, 1.82) is 0 Å². The lowest BCUT2D eigenvalue weighted by molar-refractivity contribution is -0.116. The minimum Gasteiger partial charge on any atom is -0.487 e. The third-order valence-electron chi connectivity index (χ3n) is 3.15. The van der Waals surface area contributed by atoms with Gasteiger partial charge in [0.25, 0.3) is 0 Å². The van der Waals surface area contributed by atoms with Gasteiger partial charge >= 0.3 is 0 Å². The number of nitrogen functional groups attached to an aromatic ring is 1. The summed E-state index contributed by atoms with van der Waals surface area (Å²) in [5, 5.41) is 2.87. The van der Waals surface area contributed by atoms with E-state index in [1.54, 1.807) is 24.3 Å². The summed E-state index contributed by atoms with van der Waals surface area (Å²) in [6.45, 7) is 6.90. The zero-order chi connectivity index (χ0) is 16.2. The van der Waals surface area contributed by atoms with Gasteiger partial charge in [0, 0.05) is 12.6 Å². The van der Waals surface area contributed by atoms with Crippen LogP contribution in [-0.2, 0) is 4.79 Å². The molecule has 0 unspecified atom stereocenters. The number of ether oxygens (including phenoxy) is 1. The van der Waals surface area contributed by atoms with Crippen molar-refractivity contribution in [3.05, 3.63) is 42.5 Å².